The second-order valence-electron chi connectivity index (χ2n) is 4.84. The Balaban J connectivity index is 2.07. The molecule has 0 aromatic rings. The minimum atomic E-state index is -0.356. The summed E-state index contributed by atoms with van der Waals surface area (Å²) in [6, 6.07) is 0. The van der Waals surface area contributed by atoms with Crippen molar-refractivity contribution in [1.29, 1.82) is 0 Å². The maximum Gasteiger partial charge on any atom is 0.0701 e. The Bertz CT molecular complexity index is 164. The molecule has 2 rings (SSSR count). The van der Waals surface area contributed by atoms with Crippen molar-refractivity contribution in [3.05, 3.63) is 0 Å². The average molecular weight is 154 g/mol. The molecule has 2 aliphatic rings. The van der Waals surface area contributed by atoms with Crippen molar-refractivity contribution in [2.24, 2.45) is 11.3 Å². The average Bonchev–Trinajstić information content (AvgIpc) is 2.41. The fourth-order valence-corrected chi connectivity index (χ4v) is 2.16. The lowest BCUT2D eigenvalue weighted by Crippen LogP contribution is -2.45. The molecule has 0 radical (unpaired) electrons. The van der Waals surface area contributed by atoms with E-state index in [4.69, 9.17) is 0 Å². The van der Waals surface area contributed by atoms with Gasteiger partial charge in [0, 0.05) is 0 Å². The first-order valence-electron chi connectivity index (χ1n) is 4.79. The SMILES string of the molecule is CC1(C(C)(O)C2CCC2)CC1. The highest BCUT2D eigenvalue weighted by molar-refractivity contribution is 5.07. The van der Waals surface area contributed by atoms with Crippen molar-refractivity contribution in [2.75, 3.05) is 0 Å². The van der Waals surface area contributed by atoms with Crippen molar-refractivity contribution in [1.82, 2.24) is 0 Å². The fraction of sp³-hybridized carbons (Fsp3) is 1.00. The Morgan fingerprint density at radius 1 is 1.36 bits per heavy atom. The fourth-order valence-electron chi connectivity index (χ4n) is 2.16. The third-order valence-electron chi connectivity index (χ3n) is 4.12. The van der Waals surface area contributed by atoms with Crippen molar-refractivity contribution < 1.29 is 5.11 Å². The highest BCUT2D eigenvalue weighted by Gasteiger charge is 2.56. The van der Waals surface area contributed by atoms with Crippen LogP contribution in [0.5, 0.6) is 0 Å². The summed E-state index contributed by atoms with van der Waals surface area (Å²) in [7, 11) is 0. The number of hydrogen-bond acceptors (Lipinski definition) is 1. The van der Waals surface area contributed by atoms with E-state index >= 15 is 0 Å². The first-order chi connectivity index (χ1) is 5.06. The molecule has 0 heterocycles. The normalized spacial score (nSPS) is 34.1. The smallest absolute Gasteiger partial charge is 0.0701 e. The quantitative estimate of drug-likeness (QED) is 0.647. The molecule has 0 aromatic carbocycles. The van der Waals surface area contributed by atoms with Crippen molar-refractivity contribution in [3.63, 3.8) is 0 Å². The summed E-state index contributed by atoms with van der Waals surface area (Å²) in [6.07, 6.45) is 6.30. The maximum absolute atomic E-state index is 10.2. The molecular weight excluding hydrogens is 136 g/mol. The van der Waals surface area contributed by atoms with Gasteiger partial charge in [-0.05, 0) is 43.9 Å². The summed E-state index contributed by atoms with van der Waals surface area (Å²) >= 11 is 0. The molecule has 2 fully saturated rings. The zero-order chi connectivity index (χ0) is 8.11. The molecule has 1 N–H and O–H groups in total. The van der Waals surface area contributed by atoms with Gasteiger partial charge in [0.15, 0.2) is 0 Å². The predicted molar refractivity (Wildman–Crippen MR) is 45.3 cm³/mol. The summed E-state index contributed by atoms with van der Waals surface area (Å²) in [5.74, 6) is 0.606. The molecule has 2 saturated carbocycles. The van der Waals surface area contributed by atoms with E-state index < -0.39 is 0 Å². The van der Waals surface area contributed by atoms with E-state index in [9.17, 15) is 5.11 Å². The van der Waals surface area contributed by atoms with E-state index in [2.05, 4.69) is 6.92 Å². The molecule has 2 aliphatic carbocycles. The molecule has 0 aliphatic heterocycles. The van der Waals surface area contributed by atoms with Crippen LogP contribution in [0.1, 0.15) is 46.0 Å². The van der Waals surface area contributed by atoms with Gasteiger partial charge in [0.2, 0.25) is 0 Å². The van der Waals surface area contributed by atoms with Crippen molar-refractivity contribution >= 4 is 0 Å². The van der Waals surface area contributed by atoms with Crippen LogP contribution in [0, 0.1) is 11.3 Å². The van der Waals surface area contributed by atoms with Gasteiger partial charge < -0.3 is 5.11 Å². The number of hydrogen-bond donors (Lipinski definition) is 1. The first-order valence-corrected chi connectivity index (χ1v) is 4.79. The maximum atomic E-state index is 10.2. The van der Waals surface area contributed by atoms with Crippen LogP contribution >= 0.6 is 0 Å². The van der Waals surface area contributed by atoms with Crippen LogP contribution in [-0.4, -0.2) is 10.7 Å². The second kappa shape index (κ2) is 2.01. The molecule has 1 unspecified atom stereocenters. The topological polar surface area (TPSA) is 20.2 Å². The van der Waals surface area contributed by atoms with Gasteiger partial charge in [-0.25, -0.2) is 0 Å². The molecule has 0 bridgehead atoms. The van der Waals surface area contributed by atoms with Gasteiger partial charge in [-0.3, -0.25) is 0 Å². The van der Waals surface area contributed by atoms with Crippen molar-refractivity contribution in [3.8, 4) is 0 Å². The third kappa shape index (κ3) is 0.936. The van der Waals surface area contributed by atoms with E-state index in [0.717, 1.165) is 0 Å². The Morgan fingerprint density at radius 3 is 2.18 bits per heavy atom. The van der Waals surface area contributed by atoms with E-state index in [0.29, 0.717) is 5.92 Å². The molecule has 1 heteroatoms. The summed E-state index contributed by atoms with van der Waals surface area (Å²) in [5, 5.41) is 10.2. The molecule has 0 aromatic heterocycles. The van der Waals surface area contributed by atoms with Crippen LogP contribution in [-0.2, 0) is 0 Å². The molecule has 11 heavy (non-hydrogen) atoms. The Morgan fingerprint density at radius 2 is 1.91 bits per heavy atom. The highest BCUT2D eigenvalue weighted by Crippen LogP contribution is 2.59. The minimum absolute atomic E-state index is 0.276. The van der Waals surface area contributed by atoms with Crippen LogP contribution in [0.2, 0.25) is 0 Å². The van der Waals surface area contributed by atoms with Crippen molar-refractivity contribution in [2.45, 2.75) is 51.6 Å². The molecule has 0 amide bonds. The lowest BCUT2D eigenvalue weighted by atomic mass is 9.67. The van der Waals surface area contributed by atoms with Crippen LogP contribution < -0.4 is 0 Å². The van der Waals surface area contributed by atoms with Crippen LogP contribution in [0.25, 0.3) is 0 Å². The van der Waals surface area contributed by atoms with Gasteiger partial charge in [-0.1, -0.05) is 13.3 Å². The summed E-state index contributed by atoms with van der Waals surface area (Å²) in [5.41, 5.74) is -0.0800. The molecule has 64 valence electrons. The lowest BCUT2D eigenvalue weighted by molar-refractivity contribution is -0.0870. The van der Waals surface area contributed by atoms with Gasteiger partial charge in [-0.2, -0.15) is 0 Å². The zero-order valence-electron chi connectivity index (χ0n) is 7.56. The number of aliphatic hydroxyl groups is 1. The highest BCUT2D eigenvalue weighted by atomic mass is 16.3. The standard InChI is InChI=1S/C10H18O/c1-9(6-7-9)10(2,11)8-4-3-5-8/h8,11H,3-7H2,1-2H3. The molecule has 0 spiro atoms. The predicted octanol–water partition coefficient (Wildman–Crippen LogP) is 2.34. The minimum Gasteiger partial charge on any atom is -0.389 e. The van der Waals surface area contributed by atoms with E-state index in [1.807, 2.05) is 6.92 Å². The summed E-state index contributed by atoms with van der Waals surface area (Å²) in [6.45, 7) is 4.27. The largest absolute Gasteiger partial charge is 0.389 e. The van der Waals surface area contributed by atoms with Crippen LogP contribution in [0.3, 0.4) is 0 Å². The van der Waals surface area contributed by atoms with Gasteiger partial charge in [0.05, 0.1) is 5.60 Å². The lowest BCUT2D eigenvalue weighted by Gasteiger charge is -2.43. The molecule has 0 saturated heterocycles. The van der Waals surface area contributed by atoms with Crippen LogP contribution in [0.15, 0.2) is 0 Å². The van der Waals surface area contributed by atoms with E-state index in [1.165, 1.54) is 32.1 Å². The Kier molecular flexibility index (Phi) is 1.39. The monoisotopic (exact) mass is 154 g/mol. The van der Waals surface area contributed by atoms with Gasteiger partial charge >= 0.3 is 0 Å². The summed E-state index contributed by atoms with van der Waals surface area (Å²) in [4.78, 5) is 0. The van der Waals surface area contributed by atoms with Gasteiger partial charge in [-0.15, -0.1) is 0 Å². The van der Waals surface area contributed by atoms with Crippen LogP contribution in [0.4, 0.5) is 0 Å². The first kappa shape index (κ1) is 7.60. The van der Waals surface area contributed by atoms with Gasteiger partial charge in [0.25, 0.3) is 0 Å². The Labute approximate surface area is 68.8 Å². The zero-order valence-corrected chi connectivity index (χ0v) is 7.56. The summed E-state index contributed by atoms with van der Waals surface area (Å²) < 4.78 is 0. The third-order valence-corrected chi connectivity index (χ3v) is 4.12. The van der Waals surface area contributed by atoms with Gasteiger partial charge in [0.1, 0.15) is 0 Å². The number of rotatable bonds is 2. The molecule has 1 nitrogen and oxygen atoms in total. The second-order valence-corrected chi connectivity index (χ2v) is 4.84. The Hall–Kier alpha value is -0.0400. The molecular formula is C10H18O. The molecule has 1 atom stereocenters. The van der Waals surface area contributed by atoms with E-state index in [-0.39, 0.29) is 11.0 Å². The van der Waals surface area contributed by atoms with E-state index in [1.54, 1.807) is 0 Å².